The Hall–Kier alpha value is -3.53. The minimum absolute atomic E-state index is 0.0990. The van der Waals surface area contributed by atoms with Gasteiger partial charge in [0.25, 0.3) is 5.91 Å². The monoisotopic (exact) mass is 487 g/mol. The van der Waals surface area contributed by atoms with Crippen molar-refractivity contribution in [1.82, 2.24) is 0 Å². The summed E-state index contributed by atoms with van der Waals surface area (Å²) >= 11 is 7.24. The fraction of sp³-hybridized carbons (Fsp3) is 0.148. The zero-order valence-corrected chi connectivity index (χ0v) is 20.3. The van der Waals surface area contributed by atoms with Crippen molar-refractivity contribution in [3.63, 3.8) is 0 Å². The first-order chi connectivity index (χ1) is 16.4. The molecule has 34 heavy (non-hydrogen) atoms. The number of aryl methyl sites for hydroxylation is 2. The fourth-order valence-electron chi connectivity index (χ4n) is 3.58. The molecular weight excluding hydrogens is 466 g/mol. The Morgan fingerprint density at radius 3 is 2.18 bits per heavy atom. The predicted octanol–water partition coefficient (Wildman–Crippen LogP) is 6.02. The number of thioether (sulfide) groups is 1. The highest BCUT2D eigenvalue weighted by Crippen LogP contribution is 2.42. The molecule has 5 nitrogen and oxygen atoms in total. The summed E-state index contributed by atoms with van der Waals surface area (Å²) in [6, 6.07) is 24.1. The minimum Gasteiger partial charge on any atom is -0.321 e. The summed E-state index contributed by atoms with van der Waals surface area (Å²) in [6.45, 7) is 3.91. The second-order valence-corrected chi connectivity index (χ2v) is 9.69. The number of benzene rings is 3. The summed E-state index contributed by atoms with van der Waals surface area (Å²) < 4.78 is 0. The van der Waals surface area contributed by atoms with Gasteiger partial charge in [0.1, 0.15) is 16.7 Å². The average Bonchev–Trinajstić information content (AvgIpc) is 3.13. The predicted molar refractivity (Wildman–Crippen MR) is 138 cm³/mol. The molecule has 1 fully saturated rings. The molecule has 0 unspecified atom stereocenters. The number of nitrogens with zero attached hydrogens (tertiary/aromatic N) is 2. The first-order valence-electron chi connectivity index (χ1n) is 10.7. The number of nitriles is 1. The maximum absolute atomic E-state index is 13.5. The van der Waals surface area contributed by atoms with E-state index < -0.39 is 11.2 Å². The molecular formula is C27H22ClN3O2S. The second kappa shape index (κ2) is 10.2. The van der Waals surface area contributed by atoms with E-state index in [9.17, 15) is 14.9 Å². The van der Waals surface area contributed by atoms with Crippen LogP contribution in [0.4, 0.5) is 11.4 Å². The van der Waals surface area contributed by atoms with Crippen LogP contribution in [0.25, 0.3) is 0 Å². The molecule has 170 valence electrons. The number of carbonyl (C=O) groups is 2. The van der Waals surface area contributed by atoms with Gasteiger partial charge in [0.15, 0.2) is 0 Å². The van der Waals surface area contributed by atoms with E-state index in [2.05, 4.69) is 5.32 Å². The van der Waals surface area contributed by atoms with Gasteiger partial charge >= 0.3 is 0 Å². The van der Waals surface area contributed by atoms with Crippen LogP contribution in [0.3, 0.4) is 0 Å². The number of hydrogen-bond acceptors (Lipinski definition) is 4. The van der Waals surface area contributed by atoms with Crippen LogP contribution in [0.5, 0.6) is 0 Å². The molecule has 7 heteroatoms. The van der Waals surface area contributed by atoms with Crippen LogP contribution in [0.2, 0.25) is 5.02 Å². The Balaban J connectivity index is 1.71. The van der Waals surface area contributed by atoms with Gasteiger partial charge in [0.05, 0.1) is 5.25 Å². The van der Waals surface area contributed by atoms with E-state index in [0.29, 0.717) is 27.8 Å². The van der Waals surface area contributed by atoms with Crippen LogP contribution in [0.1, 0.15) is 16.7 Å². The Bertz CT molecular complexity index is 1290. The van der Waals surface area contributed by atoms with Crippen molar-refractivity contribution in [3.05, 3.63) is 105 Å². The summed E-state index contributed by atoms with van der Waals surface area (Å²) in [6.07, 6.45) is 0.449. The number of halogens is 1. The normalized spacial score (nSPS) is 16.8. The molecule has 3 aromatic rings. The number of hydrogen-bond donors (Lipinski definition) is 1. The summed E-state index contributed by atoms with van der Waals surface area (Å²) in [4.78, 5) is 28.1. The van der Waals surface area contributed by atoms with Gasteiger partial charge in [0, 0.05) is 16.4 Å². The van der Waals surface area contributed by atoms with Crippen molar-refractivity contribution in [2.75, 3.05) is 10.2 Å². The quantitative estimate of drug-likeness (QED) is 0.352. The minimum atomic E-state index is -0.550. The molecule has 0 radical (unpaired) electrons. The zero-order chi connectivity index (χ0) is 24.2. The van der Waals surface area contributed by atoms with E-state index in [1.165, 1.54) is 16.7 Å². The fourth-order valence-corrected chi connectivity index (χ4v) is 5.02. The highest BCUT2D eigenvalue weighted by atomic mass is 35.5. The lowest BCUT2D eigenvalue weighted by Crippen LogP contribution is -2.30. The molecule has 2 amide bonds. The molecule has 1 aliphatic rings. The Morgan fingerprint density at radius 1 is 1.00 bits per heavy atom. The molecule has 4 rings (SSSR count). The van der Waals surface area contributed by atoms with E-state index >= 15 is 0 Å². The topological polar surface area (TPSA) is 73.2 Å². The van der Waals surface area contributed by atoms with Crippen molar-refractivity contribution < 1.29 is 9.59 Å². The van der Waals surface area contributed by atoms with Gasteiger partial charge in [-0.25, -0.2) is 0 Å². The summed E-state index contributed by atoms with van der Waals surface area (Å²) in [5.74, 6) is -0.722. The molecule has 0 spiro atoms. The molecule has 1 atom stereocenters. The van der Waals surface area contributed by atoms with Crippen molar-refractivity contribution in [3.8, 4) is 6.07 Å². The average molecular weight is 488 g/mol. The molecule has 3 aromatic carbocycles. The largest absolute Gasteiger partial charge is 0.321 e. The summed E-state index contributed by atoms with van der Waals surface area (Å²) in [7, 11) is 0. The molecule has 0 aromatic heterocycles. The second-order valence-electron chi connectivity index (χ2n) is 8.06. The lowest BCUT2D eigenvalue weighted by atomic mass is 10.1. The lowest BCUT2D eigenvalue weighted by Gasteiger charge is -2.19. The number of anilines is 2. The zero-order valence-electron chi connectivity index (χ0n) is 18.7. The third kappa shape index (κ3) is 5.17. The molecule has 1 aliphatic heterocycles. The van der Waals surface area contributed by atoms with E-state index in [1.54, 1.807) is 24.3 Å². The van der Waals surface area contributed by atoms with Gasteiger partial charge in [-0.05, 0) is 62.2 Å². The van der Waals surface area contributed by atoms with Crippen LogP contribution >= 0.6 is 23.4 Å². The molecule has 0 saturated carbocycles. The first kappa shape index (κ1) is 23.6. The van der Waals surface area contributed by atoms with Crippen molar-refractivity contribution in [2.24, 2.45) is 0 Å². The van der Waals surface area contributed by atoms with Gasteiger partial charge < -0.3 is 5.32 Å². The third-order valence-corrected chi connectivity index (χ3v) is 6.96. The number of nitrogens with one attached hydrogen (secondary N) is 1. The van der Waals surface area contributed by atoms with Gasteiger partial charge in [-0.15, -0.1) is 0 Å². The maximum Gasteiger partial charge on any atom is 0.269 e. The molecule has 0 aliphatic carbocycles. The smallest absolute Gasteiger partial charge is 0.269 e. The van der Waals surface area contributed by atoms with Gasteiger partial charge in [-0.3, -0.25) is 14.5 Å². The number of rotatable bonds is 5. The third-order valence-electron chi connectivity index (χ3n) is 5.44. The van der Waals surface area contributed by atoms with Gasteiger partial charge in [-0.1, -0.05) is 70.9 Å². The van der Waals surface area contributed by atoms with E-state index in [4.69, 9.17) is 11.6 Å². The van der Waals surface area contributed by atoms with Crippen LogP contribution in [-0.4, -0.2) is 17.1 Å². The van der Waals surface area contributed by atoms with Gasteiger partial charge in [0.2, 0.25) is 5.91 Å². The molecule has 1 N–H and O–H groups in total. The van der Waals surface area contributed by atoms with Crippen LogP contribution in [0, 0.1) is 25.2 Å². The molecule has 1 saturated heterocycles. The first-order valence-corrected chi connectivity index (χ1v) is 12.0. The standard InChI is InChI=1S/C27H22ClN3O2S/c1-17-3-11-21(12-4-17)30-25(32)23(16-29)27-31(22-13-5-18(2)6-14-22)26(33)24(34-27)15-19-7-9-20(28)10-8-19/h3-14,24H,15H2,1-2H3,(H,30,32)/b27-23-/t24-/m0/s1. The van der Waals surface area contributed by atoms with E-state index in [1.807, 2.05) is 68.4 Å². The Morgan fingerprint density at radius 2 is 1.59 bits per heavy atom. The van der Waals surface area contributed by atoms with Crippen LogP contribution in [-0.2, 0) is 16.0 Å². The SMILES string of the molecule is Cc1ccc(NC(=O)/C(C#N)=C2\S[C@@H](Cc3ccc(Cl)cc3)C(=O)N2c2ccc(C)cc2)cc1. The number of carbonyl (C=O) groups excluding carboxylic acids is 2. The van der Waals surface area contributed by atoms with Crippen LogP contribution < -0.4 is 10.2 Å². The highest BCUT2D eigenvalue weighted by Gasteiger charge is 2.40. The highest BCUT2D eigenvalue weighted by molar-refractivity contribution is 8.05. The maximum atomic E-state index is 13.5. The Labute approximate surface area is 208 Å². The van der Waals surface area contributed by atoms with Gasteiger partial charge in [-0.2, -0.15) is 5.26 Å². The van der Waals surface area contributed by atoms with Crippen molar-refractivity contribution in [2.45, 2.75) is 25.5 Å². The lowest BCUT2D eigenvalue weighted by molar-refractivity contribution is -0.117. The van der Waals surface area contributed by atoms with Crippen LogP contribution in [0.15, 0.2) is 83.4 Å². The Kier molecular flexibility index (Phi) is 7.06. The van der Waals surface area contributed by atoms with E-state index in [-0.39, 0.29) is 11.5 Å². The van der Waals surface area contributed by atoms with E-state index in [0.717, 1.165) is 16.7 Å². The summed E-state index contributed by atoms with van der Waals surface area (Å²) in [5, 5.41) is 13.2. The molecule has 0 bridgehead atoms. The van der Waals surface area contributed by atoms with Crippen molar-refractivity contribution >= 4 is 46.6 Å². The molecule has 1 heterocycles. The summed E-state index contributed by atoms with van der Waals surface area (Å²) in [5.41, 5.74) is 4.15. The van der Waals surface area contributed by atoms with Crippen molar-refractivity contribution in [1.29, 1.82) is 5.26 Å². The number of amides is 2.